The van der Waals surface area contributed by atoms with Crippen molar-refractivity contribution in [2.45, 2.75) is 30.6 Å². The average molecular weight is 200 g/mol. The monoisotopic (exact) mass is 200 g/mol. The molecule has 0 aromatic carbocycles. The van der Waals surface area contributed by atoms with Crippen molar-refractivity contribution in [3.05, 3.63) is 47.6 Å². The number of fused-ring (bicyclic) bond motifs is 2. The summed E-state index contributed by atoms with van der Waals surface area (Å²) in [4.78, 5) is 0. The zero-order valence-electron chi connectivity index (χ0n) is 8.83. The van der Waals surface area contributed by atoms with Crippen molar-refractivity contribution in [1.82, 2.24) is 0 Å². The summed E-state index contributed by atoms with van der Waals surface area (Å²) in [7, 11) is -1.16. The Labute approximate surface area is 86.7 Å². The molecule has 1 fully saturated rings. The van der Waals surface area contributed by atoms with E-state index in [0.29, 0.717) is 0 Å². The molecule has 2 aliphatic carbocycles. The molecule has 2 atom stereocenters. The predicted octanol–water partition coefficient (Wildman–Crippen LogP) is 3.83. The first-order valence-electron chi connectivity index (χ1n) is 5.44. The largest absolute Gasteiger partial charge is 0.0800 e. The van der Waals surface area contributed by atoms with Gasteiger partial charge >= 0.3 is 0 Å². The Morgan fingerprint density at radius 2 is 1.50 bits per heavy atom. The van der Waals surface area contributed by atoms with Gasteiger partial charge in [0.15, 0.2) is 0 Å². The standard InChI is InChI=1S/C13H16Si/c1-14(2)12-7-3-5-10(12)9-11-6-4-8-13(11)14/h3-8,12-13H,9H2,1-2H3. The summed E-state index contributed by atoms with van der Waals surface area (Å²) in [5, 5.41) is 0. The second kappa shape index (κ2) is 2.60. The van der Waals surface area contributed by atoms with Crippen molar-refractivity contribution in [1.29, 1.82) is 0 Å². The third-order valence-corrected chi connectivity index (χ3v) is 8.37. The van der Waals surface area contributed by atoms with Gasteiger partial charge in [-0.2, -0.15) is 0 Å². The Morgan fingerprint density at radius 1 is 1.00 bits per heavy atom. The molecule has 1 aliphatic heterocycles. The number of rotatable bonds is 0. The Balaban J connectivity index is 2.09. The minimum absolute atomic E-state index is 0.812. The lowest BCUT2D eigenvalue weighted by molar-refractivity contribution is 0.910. The van der Waals surface area contributed by atoms with Crippen LogP contribution in [0.2, 0.25) is 24.2 Å². The highest BCUT2D eigenvalue weighted by molar-refractivity contribution is 6.82. The first-order valence-corrected chi connectivity index (χ1v) is 8.59. The van der Waals surface area contributed by atoms with Gasteiger partial charge in [0.05, 0.1) is 8.07 Å². The van der Waals surface area contributed by atoms with Gasteiger partial charge in [-0.05, 0) is 17.5 Å². The van der Waals surface area contributed by atoms with E-state index in [-0.39, 0.29) is 0 Å². The van der Waals surface area contributed by atoms with Crippen LogP contribution < -0.4 is 0 Å². The van der Waals surface area contributed by atoms with Gasteiger partial charge in [0, 0.05) is 0 Å². The molecule has 0 bridgehead atoms. The van der Waals surface area contributed by atoms with Crippen LogP contribution in [0, 0.1) is 0 Å². The number of hydrogen-bond donors (Lipinski definition) is 0. The van der Waals surface area contributed by atoms with E-state index in [9.17, 15) is 0 Å². The fourth-order valence-corrected chi connectivity index (χ4v) is 7.16. The van der Waals surface area contributed by atoms with E-state index < -0.39 is 8.07 Å². The third-order valence-electron chi connectivity index (χ3n) is 4.04. The maximum Gasteiger partial charge on any atom is 0.0706 e. The first kappa shape index (κ1) is 8.48. The van der Waals surface area contributed by atoms with Crippen LogP contribution in [0.15, 0.2) is 47.6 Å². The average Bonchev–Trinajstić information content (AvgIpc) is 2.71. The minimum Gasteiger partial charge on any atom is -0.0800 e. The molecule has 0 amide bonds. The number of hydrogen-bond acceptors (Lipinski definition) is 0. The molecule has 0 nitrogen and oxygen atoms in total. The lowest BCUT2D eigenvalue weighted by Gasteiger charge is -2.42. The van der Waals surface area contributed by atoms with Gasteiger partial charge in [0.2, 0.25) is 0 Å². The summed E-state index contributed by atoms with van der Waals surface area (Å²) in [6.45, 7) is 5.07. The normalized spacial score (nSPS) is 36.4. The highest BCUT2D eigenvalue weighted by atomic mass is 28.3. The smallest absolute Gasteiger partial charge is 0.0706 e. The summed E-state index contributed by atoms with van der Waals surface area (Å²) in [6, 6.07) is 0. The van der Waals surface area contributed by atoms with E-state index in [2.05, 4.69) is 49.6 Å². The van der Waals surface area contributed by atoms with Crippen molar-refractivity contribution in [2.75, 3.05) is 0 Å². The highest BCUT2D eigenvalue weighted by Crippen LogP contribution is 2.54. The maximum atomic E-state index is 2.54. The quantitative estimate of drug-likeness (QED) is 0.521. The lowest BCUT2D eigenvalue weighted by Crippen LogP contribution is -2.40. The third kappa shape index (κ3) is 0.935. The molecule has 72 valence electrons. The van der Waals surface area contributed by atoms with Crippen LogP contribution in [0.3, 0.4) is 0 Å². The van der Waals surface area contributed by atoms with Gasteiger partial charge in [-0.3, -0.25) is 0 Å². The van der Waals surface area contributed by atoms with Crippen LogP contribution in [0.25, 0.3) is 0 Å². The van der Waals surface area contributed by atoms with E-state index >= 15 is 0 Å². The molecule has 1 heterocycles. The topological polar surface area (TPSA) is 0 Å². The zero-order chi connectivity index (χ0) is 9.76. The van der Waals surface area contributed by atoms with Gasteiger partial charge in [-0.15, -0.1) is 0 Å². The summed E-state index contributed by atoms with van der Waals surface area (Å²) < 4.78 is 0. The molecule has 0 radical (unpaired) electrons. The minimum atomic E-state index is -1.16. The van der Waals surface area contributed by atoms with Gasteiger partial charge in [-0.1, -0.05) is 60.7 Å². The molecule has 0 spiro atoms. The molecule has 3 aliphatic rings. The molecule has 0 N–H and O–H groups in total. The fraction of sp³-hybridized carbons (Fsp3) is 0.385. The number of allylic oxidation sites excluding steroid dienone is 8. The van der Waals surface area contributed by atoms with Crippen molar-refractivity contribution in [3.8, 4) is 0 Å². The van der Waals surface area contributed by atoms with Gasteiger partial charge in [0.1, 0.15) is 0 Å². The van der Waals surface area contributed by atoms with Crippen LogP contribution in [-0.2, 0) is 0 Å². The summed E-state index contributed by atoms with van der Waals surface area (Å²) >= 11 is 0. The highest BCUT2D eigenvalue weighted by Gasteiger charge is 2.45. The molecule has 3 rings (SSSR count). The zero-order valence-corrected chi connectivity index (χ0v) is 9.83. The van der Waals surface area contributed by atoms with Crippen LogP contribution in [0.1, 0.15) is 6.42 Å². The lowest BCUT2D eigenvalue weighted by atomic mass is 10.0. The Morgan fingerprint density at radius 3 is 2.00 bits per heavy atom. The Kier molecular flexibility index (Phi) is 1.58. The van der Waals surface area contributed by atoms with E-state index in [1.807, 2.05) is 0 Å². The first-order chi connectivity index (χ1) is 6.69. The van der Waals surface area contributed by atoms with Gasteiger partial charge < -0.3 is 0 Å². The van der Waals surface area contributed by atoms with Crippen LogP contribution in [0.4, 0.5) is 0 Å². The van der Waals surface area contributed by atoms with E-state index in [1.165, 1.54) is 6.42 Å². The maximum absolute atomic E-state index is 2.54. The van der Waals surface area contributed by atoms with Crippen molar-refractivity contribution in [3.63, 3.8) is 0 Å². The van der Waals surface area contributed by atoms with E-state index in [0.717, 1.165) is 11.1 Å². The second-order valence-electron chi connectivity index (χ2n) is 5.21. The molecular formula is C13H16Si. The molecule has 0 aromatic heterocycles. The molecule has 2 unspecified atom stereocenters. The summed E-state index contributed by atoms with van der Waals surface area (Å²) in [6.07, 6.45) is 15.3. The molecule has 0 saturated carbocycles. The fourth-order valence-electron chi connectivity index (χ4n) is 3.25. The van der Waals surface area contributed by atoms with Gasteiger partial charge in [0.25, 0.3) is 0 Å². The van der Waals surface area contributed by atoms with Gasteiger partial charge in [-0.25, -0.2) is 0 Å². The molecule has 14 heavy (non-hydrogen) atoms. The van der Waals surface area contributed by atoms with Crippen molar-refractivity contribution in [2.24, 2.45) is 0 Å². The molecule has 0 aromatic rings. The van der Waals surface area contributed by atoms with Crippen molar-refractivity contribution < 1.29 is 0 Å². The molecular weight excluding hydrogens is 184 g/mol. The SMILES string of the molecule is C[Si]1(C)C2C=CC=C2CC2=CC=CC21. The Bertz CT molecular complexity index is 357. The second-order valence-corrected chi connectivity index (χ2v) is 10.1. The molecule has 1 saturated heterocycles. The predicted molar refractivity (Wildman–Crippen MR) is 64.0 cm³/mol. The van der Waals surface area contributed by atoms with E-state index in [4.69, 9.17) is 0 Å². The van der Waals surface area contributed by atoms with Crippen LogP contribution in [-0.4, -0.2) is 8.07 Å². The molecule has 1 heteroatoms. The Hall–Kier alpha value is -0.823. The van der Waals surface area contributed by atoms with Crippen molar-refractivity contribution >= 4 is 8.07 Å². The van der Waals surface area contributed by atoms with Crippen LogP contribution in [0.5, 0.6) is 0 Å². The summed E-state index contributed by atoms with van der Waals surface area (Å²) in [5.74, 6) is 0. The van der Waals surface area contributed by atoms with E-state index in [1.54, 1.807) is 11.1 Å². The van der Waals surface area contributed by atoms with Crippen LogP contribution >= 0.6 is 0 Å². The summed E-state index contributed by atoms with van der Waals surface area (Å²) in [5.41, 5.74) is 4.97.